The predicted octanol–water partition coefficient (Wildman–Crippen LogP) is 1.74. The van der Waals surface area contributed by atoms with Gasteiger partial charge in [-0.05, 0) is 32.0 Å². The van der Waals surface area contributed by atoms with Crippen molar-refractivity contribution in [3.63, 3.8) is 0 Å². The predicted molar refractivity (Wildman–Crippen MR) is 61.9 cm³/mol. The topological polar surface area (TPSA) is 77.2 Å². The fourth-order valence-electron chi connectivity index (χ4n) is 1.27. The van der Waals surface area contributed by atoms with E-state index in [1.807, 2.05) is 0 Å². The smallest absolute Gasteiger partial charge is 0.368 e. The Morgan fingerprint density at radius 3 is 2.16 bits per heavy atom. The summed E-state index contributed by atoms with van der Waals surface area (Å²) >= 11 is 0. The number of hydrogen-bond donors (Lipinski definition) is 1. The van der Waals surface area contributed by atoms with E-state index in [1.54, 1.807) is 0 Å². The molecule has 0 bridgehead atoms. The third kappa shape index (κ3) is 2.73. The minimum Gasteiger partial charge on any atom is -0.368 e. The molecule has 0 radical (unpaired) electrons. The van der Waals surface area contributed by atoms with Crippen LogP contribution in [0.25, 0.3) is 0 Å². The van der Waals surface area contributed by atoms with Gasteiger partial charge in [-0.15, -0.1) is 0 Å². The van der Waals surface area contributed by atoms with Crippen molar-refractivity contribution in [2.24, 2.45) is 5.73 Å². The lowest BCUT2D eigenvalue weighted by Crippen LogP contribution is -2.45. The average Bonchev–Trinajstić information content (AvgIpc) is 2.27. The number of carbonyl (C=O) groups excluding carboxylic acids is 1. The maximum atomic E-state index is 12.5. The molecule has 0 aromatic heterocycles. The van der Waals surface area contributed by atoms with Crippen LogP contribution < -0.4 is 5.73 Å². The number of carbonyl (C=O) groups is 1. The second-order valence-corrected chi connectivity index (χ2v) is 6.90. The van der Waals surface area contributed by atoms with Crippen LogP contribution in [0.1, 0.15) is 19.4 Å². The summed E-state index contributed by atoms with van der Waals surface area (Å²) in [6.07, 6.45) is -4.66. The Bertz CT molecular complexity index is 606. The van der Waals surface area contributed by atoms with Gasteiger partial charge in [-0.1, -0.05) is 6.07 Å². The molecular formula is C11H12F3NO3S. The summed E-state index contributed by atoms with van der Waals surface area (Å²) in [5.41, 5.74) is 3.87. The minimum absolute atomic E-state index is 0.486. The Morgan fingerprint density at radius 1 is 1.21 bits per heavy atom. The summed E-state index contributed by atoms with van der Waals surface area (Å²) in [5, 5.41) is 0. The molecular weight excluding hydrogens is 283 g/mol. The van der Waals surface area contributed by atoms with Gasteiger partial charge in [0.1, 0.15) is 4.75 Å². The number of rotatable bonds is 3. The number of nitrogens with two attached hydrogens (primary N) is 1. The van der Waals surface area contributed by atoms with Crippen LogP contribution in [0.15, 0.2) is 29.2 Å². The molecule has 2 N–H and O–H groups in total. The first kappa shape index (κ1) is 15.5. The fourth-order valence-corrected chi connectivity index (χ4v) is 2.66. The molecule has 106 valence electrons. The number of hydrogen-bond acceptors (Lipinski definition) is 3. The van der Waals surface area contributed by atoms with E-state index in [1.165, 1.54) is 0 Å². The van der Waals surface area contributed by atoms with Gasteiger partial charge in [-0.25, -0.2) is 8.42 Å². The van der Waals surface area contributed by atoms with E-state index in [2.05, 4.69) is 0 Å². The van der Waals surface area contributed by atoms with Crippen molar-refractivity contribution >= 4 is 15.7 Å². The summed E-state index contributed by atoms with van der Waals surface area (Å²) in [6.45, 7) is 2.09. The van der Waals surface area contributed by atoms with Crippen LogP contribution in [0.5, 0.6) is 0 Å². The summed E-state index contributed by atoms with van der Waals surface area (Å²) < 4.78 is 59.8. The molecule has 0 aliphatic carbocycles. The molecule has 4 nitrogen and oxygen atoms in total. The standard InChI is InChI=1S/C11H12F3NO3S/c1-10(2,9(15)16)19(17,18)8-5-3-4-7(6-8)11(12,13)14/h3-6H,1-2H3,(H2,15,16). The Balaban J connectivity index is 3.44. The highest BCUT2D eigenvalue weighted by Gasteiger charge is 2.42. The highest BCUT2D eigenvalue weighted by Crippen LogP contribution is 2.32. The first-order valence-electron chi connectivity index (χ1n) is 5.12. The van der Waals surface area contributed by atoms with E-state index in [-0.39, 0.29) is 0 Å². The molecule has 0 heterocycles. The van der Waals surface area contributed by atoms with Crippen LogP contribution in [0.4, 0.5) is 13.2 Å². The largest absolute Gasteiger partial charge is 0.416 e. The van der Waals surface area contributed by atoms with Gasteiger partial charge < -0.3 is 5.73 Å². The molecule has 1 rings (SSSR count). The molecule has 0 aliphatic rings. The Hall–Kier alpha value is -1.57. The molecule has 0 atom stereocenters. The number of halogens is 3. The van der Waals surface area contributed by atoms with Crippen LogP contribution in [-0.2, 0) is 20.8 Å². The molecule has 0 saturated carbocycles. The average molecular weight is 295 g/mol. The van der Waals surface area contributed by atoms with Crippen molar-refractivity contribution in [1.82, 2.24) is 0 Å². The lowest BCUT2D eigenvalue weighted by molar-refractivity contribution is -0.137. The molecule has 0 saturated heterocycles. The molecule has 0 fully saturated rings. The van der Waals surface area contributed by atoms with Crippen molar-refractivity contribution in [3.8, 4) is 0 Å². The monoisotopic (exact) mass is 295 g/mol. The quantitative estimate of drug-likeness (QED) is 0.922. The second-order valence-electron chi connectivity index (χ2n) is 4.40. The van der Waals surface area contributed by atoms with Crippen LogP contribution in [0.2, 0.25) is 0 Å². The van der Waals surface area contributed by atoms with Gasteiger partial charge >= 0.3 is 6.18 Å². The Labute approximate surface area is 108 Å². The van der Waals surface area contributed by atoms with Crippen molar-refractivity contribution in [2.75, 3.05) is 0 Å². The molecule has 1 aromatic carbocycles. The number of primary amides is 1. The zero-order valence-corrected chi connectivity index (χ0v) is 11.0. The molecule has 0 unspecified atom stereocenters. The van der Waals surface area contributed by atoms with Gasteiger partial charge in [-0.2, -0.15) is 13.2 Å². The summed E-state index contributed by atoms with van der Waals surface area (Å²) in [5.74, 6) is -1.13. The minimum atomic E-state index is -4.66. The molecule has 1 amide bonds. The Kier molecular flexibility index (Phi) is 3.68. The van der Waals surface area contributed by atoms with Gasteiger partial charge in [0, 0.05) is 0 Å². The van der Waals surface area contributed by atoms with Gasteiger partial charge in [0.15, 0.2) is 9.84 Å². The third-order valence-corrected chi connectivity index (χ3v) is 5.16. The first-order valence-corrected chi connectivity index (χ1v) is 6.61. The third-order valence-electron chi connectivity index (χ3n) is 2.74. The lowest BCUT2D eigenvalue weighted by Gasteiger charge is -2.21. The van der Waals surface area contributed by atoms with E-state index in [4.69, 9.17) is 5.73 Å². The maximum absolute atomic E-state index is 12.5. The highest BCUT2D eigenvalue weighted by atomic mass is 32.2. The highest BCUT2D eigenvalue weighted by molar-refractivity contribution is 7.93. The zero-order chi connectivity index (χ0) is 15.1. The number of sulfone groups is 1. The van der Waals surface area contributed by atoms with E-state index >= 15 is 0 Å². The van der Waals surface area contributed by atoms with Gasteiger partial charge in [0.25, 0.3) is 0 Å². The molecule has 0 spiro atoms. The lowest BCUT2D eigenvalue weighted by atomic mass is 10.2. The van der Waals surface area contributed by atoms with Crippen molar-refractivity contribution in [1.29, 1.82) is 0 Å². The van der Waals surface area contributed by atoms with Gasteiger partial charge in [-0.3, -0.25) is 4.79 Å². The van der Waals surface area contributed by atoms with Crippen molar-refractivity contribution in [2.45, 2.75) is 29.7 Å². The Morgan fingerprint density at radius 2 is 1.74 bits per heavy atom. The summed E-state index contributed by atoms with van der Waals surface area (Å²) in [6, 6.07) is 3.19. The van der Waals surface area contributed by atoms with E-state index in [0.29, 0.717) is 6.07 Å². The van der Waals surface area contributed by atoms with Gasteiger partial charge in [0.2, 0.25) is 5.91 Å². The molecule has 8 heteroatoms. The van der Waals surface area contributed by atoms with Gasteiger partial charge in [0.05, 0.1) is 10.5 Å². The number of benzene rings is 1. The van der Waals surface area contributed by atoms with E-state index < -0.39 is 37.1 Å². The molecule has 19 heavy (non-hydrogen) atoms. The van der Waals surface area contributed by atoms with Crippen molar-refractivity contribution in [3.05, 3.63) is 29.8 Å². The van der Waals surface area contributed by atoms with Crippen molar-refractivity contribution < 1.29 is 26.4 Å². The number of amides is 1. The van der Waals surface area contributed by atoms with Crippen LogP contribution in [0, 0.1) is 0 Å². The van der Waals surface area contributed by atoms with E-state index in [0.717, 1.165) is 32.0 Å². The summed E-state index contributed by atoms with van der Waals surface area (Å²) in [4.78, 5) is 10.6. The maximum Gasteiger partial charge on any atom is 0.416 e. The number of alkyl halides is 3. The summed E-state index contributed by atoms with van der Waals surface area (Å²) in [7, 11) is -4.30. The van der Waals surface area contributed by atoms with Crippen LogP contribution >= 0.6 is 0 Å². The molecule has 0 aliphatic heterocycles. The normalized spacial score (nSPS) is 13.3. The second kappa shape index (κ2) is 4.52. The fraction of sp³-hybridized carbons (Fsp3) is 0.364. The zero-order valence-electron chi connectivity index (χ0n) is 10.2. The first-order chi connectivity index (χ1) is 8.40. The van der Waals surface area contributed by atoms with Crippen LogP contribution in [0.3, 0.4) is 0 Å². The van der Waals surface area contributed by atoms with E-state index in [9.17, 15) is 26.4 Å². The molecule has 1 aromatic rings. The van der Waals surface area contributed by atoms with Crippen LogP contribution in [-0.4, -0.2) is 19.1 Å². The SMILES string of the molecule is CC(C)(C(N)=O)S(=O)(=O)c1cccc(C(F)(F)F)c1.